The maximum atomic E-state index is 13.7. The molecule has 4 rings (SSSR count). The molecule has 1 aliphatic carbocycles. The van der Waals surface area contributed by atoms with Crippen LogP contribution in [-0.2, 0) is 10.2 Å². The van der Waals surface area contributed by atoms with Gasteiger partial charge in [0.05, 0.1) is 18.5 Å². The van der Waals surface area contributed by atoms with E-state index in [0.29, 0.717) is 13.1 Å². The van der Waals surface area contributed by atoms with Gasteiger partial charge in [0.15, 0.2) is 11.6 Å². The Morgan fingerprint density at radius 1 is 1.08 bits per heavy atom. The molecule has 136 valence electrons. The lowest BCUT2D eigenvalue weighted by Gasteiger charge is -2.41. The van der Waals surface area contributed by atoms with Crippen LogP contribution in [0.25, 0.3) is 0 Å². The number of amides is 1. The van der Waals surface area contributed by atoms with Crippen molar-refractivity contribution in [2.45, 2.75) is 31.8 Å². The fourth-order valence-electron chi connectivity index (χ4n) is 4.00. The van der Waals surface area contributed by atoms with Gasteiger partial charge >= 0.3 is 0 Å². The minimum absolute atomic E-state index is 0.0440. The Kier molecular flexibility index (Phi) is 3.79. The van der Waals surface area contributed by atoms with E-state index in [1.54, 1.807) is 35.2 Å². The summed E-state index contributed by atoms with van der Waals surface area (Å²) < 4.78 is 32.6. The van der Waals surface area contributed by atoms with E-state index in [4.69, 9.17) is 4.74 Å². The molecule has 0 radical (unpaired) electrons. The molecule has 1 amide bonds. The first kappa shape index (κ1) is 17.0. The Balaban J connectivity index is 1.46. The van der Waals surface area contributed by atoms with Crippen LogP contribution in [0.3, 0.4) is 0 Å². The maximum Gasteiger partial charge on any atom is 0.234 e. The topological polar surface area (TPSA) is 29.5 Å². The lowest BCUT2D eigenvalue weighted by atomic mass is 9.85. The SMILES string of the molecule is CC1(C)CC1(C(=O)N1CC(Oc2ccccc2F)C1)c1ccc(F)cc1. The summed E-state index contributed by atoms with van der Waals surface area (Å²) in [6, 6.07) is 12.5. The summed E-state index contributed by atoms with van der Waals surface area (Å²) in [4.78, 5) is 14.9. The molecule has 1 atom stereocenters. The number of halogens is 2. The van der Waals surface area contributed by atoms with Crippen molar-refractivity contribution in [2.75, 3.05) is 13.1 Å². The summed E-state index contributed by atoms with van der Waals surface area (Å²) >= 11 is 0. The zero-order valence-corrected chi connectivity index (χ0v) is 14.8. The predicted molar refractivity (Wildman–Crippen MR) is 93.9 cm³/mol. The van der Waals surface area contributed by atoms with E-state index in [1.807, 2.05) is 0 Å². The Labute approximate surface area is 151 Å². The van der Waals surface area contributed by atoms with Gasteiger partial charge in [-0.15, -0.1) is 0 Å². The maximum absolute atomic E-state index is 13.7. The molecule has 0 bridgehead atoms. The number of nitrogens with zero attached hydrogens (tertiary/aromatic N) is 1. The highest BCUT2D eigenvalue weighted by molar-refractivity contribution is 5.93. The van der Waals surface area contributed by atoms with Gasteiger partial charge in [-0.25, -0.2) is 8.78 Å². The van der Waals surface area contributed by atoms with Crippen LogP contribution < -0.4 is 4.74 Å². The average molecular weight is 357 g/mol. The Hall–Kier alpha value is -2.43. The van der Waals surface area contributed by atoms with Crippen LogP contribution in [0.1, 0.15) is 25.8 Å². The zero-order chi connectivity index (χ0) is 18.5. The minimum Gasteiger partial charge on any atom is -0.484 e. The summed E-state index contributed by atoms with van der Waals surface area (Å²) in [5.41, 5.74) is 0.0793. The third-order valence-electron chi connectivity index (χ3n) is 5.71. The van der Waals surface area contributed by atoms with E-state index < -0.39 is 11.2 Å². The molecular weight excluding hydrogens is 336 g/mol. The molecule has 1 unspecified atom stereocenters. The molecule has 1 saturated heterocycles. The van der Waals surface area contributed by atoms with Crippen LogP contribution in [0.5, 0.6) is 5.75 Å². The number of likely N-dealkylation sites (tertiary alicyclic amines) is 1. The number of hydrogen-bond donors (Lipinski definition) is 0. The minimum atomic E-state index is -0.607. The molecule has 26 heavy (non-hydrogen) atoms. The summed E-state index contributed by atoms with van der Waals surface area (Å²) in [5.74, 6) is -0.451. The van der Waals surface area contributed by atoms with Gasteiger partial charge in [0.1, 0.15) is 11.9 Å². The Morgan fingerprint density at radius 3 is 2.27 bits per heavy atom. The van der Waals surface area contributed by atoms with E-state index in [0.717, 1.165) is 12.0 Å². The van der Waals surface area contributed by atoms with E-state index in [2.05, 4.69) is 13.8 Å². The molecule has 1 aliphatic heterocycles. The Morgan fingerprint density at radius 2 is 1.69 bits per heavy atom. The van der Waals surface area contributed by atoms with Crippen LogP contribution in [-0.4, -0.2) is 30.0 Å². The molecule has 5 heteroatoms. The standard InChI is InChI=1S/C21H21F2NO2/c1-20(2)13-21(20,14-7-9-15(22)10-8-14)19(25)24-11-16(12-24)26-18-6-4-3-5-17(18)23/h3-10,16H,11-13H2,1-2H3. The van der Waals surface area contributed by atoms with Crippen molar-refractivity contribution in [1.82, 2.24) is 4.90 Å². The third kappa shape index (κ3) is 2.57. The third-order valence-corrected chi connectivity index (χ3v) is 5.71. The first-order valence-corrected chi connectivity index (χ1v) is 8.80. The van der Waals surface area contributed by atoms with Gasteiger partial charge in [-0.1, -0.05) is 38.1 Å². The number of carbonyl (C=O) groups excluding carboxylic acids is 1. The van der Waals surface area contributed by atoms with E-state index in [9.17, 15) is 13.6 Å². The fraction of sp³-hybridized carbons (Fsp3) is 0.381. The van der Waals surface area contributed by atoms with Gasteiger partial charge in [-0.3, -0.25) is 4.79 Å². The molecule has 0 N–H and O–H groups in total. The van der Waals surface area contributed by atoms with Gasteiger partial charge in [0, 0.05) is 0 Å². The molecule has 2 aliphatic rings. The lowest BCUT2D eigenvalue weighted by molar-refractivity contribution is -0.143. The second-order valence-electron chi connectivity index (χ2n) is 7.85. The monoisotopic (exact) mass is 357 g/mol. The van der Waals surface area contributed by atoms with Gasteiger partial charge < -0.3 is 9.64 Å². The quantitative estimate of drug-likeness (QED) is 0.830. The van der Waals surface area contributed by atoms with Gasteiger partial charge in [-0.05, 0) is 41.7 Å². The molecule has 2 fully saturated rings. The smallest absolute Gasteiger partial charge is 0.234 e. The lowest BCUT2D eigenvalue weighted by Crippen LogP contribution is -2.59. The second kappa shape index (κ2) is 5.79. The van der Waals surface area contributed by atoms with Crippen molar-refractivity contribution >= 4 is 5.91 Å². The van der Waals surface area contributed by atoms with Crippen molar-refractivity contribution < 1.29 is 18.3 Å². The van der Waals surface area contributed by atoms with Crippen LogP contribution >= 0.6 is 0 Å². The zero-order valence-electron chi connectivity index (χ0n) is 14.8. The number of rotatable bonds is 4. The molecule has 0 spiro atoms. The van der Waals surface area contributed by atoms with Gasteiger partial charge in [-0.2, -0.15) is 0 Å². The van der Waals surface area contributed by atoms with E-state index >= 15 is 0 Å². The number of carbonyl (C=O) groups is 1. The number of para-hydroxylation sites is 1. The van der Waals surface area contributed by atoms with Crippen molar-refractivity contribution in [2.24, 2.45) is 5.41 Å². The van der Waals surface area contributed by atoms with E-state index in [-0.39, 0.29) is 29.0 Å². The predicted octanol–water partition coefficient (Wildman–Crippen LogP) is 3.92. The van der Waals surface area contributed by atoms with Gasteiger partial charge in [0.25, 0.3) is 0 Å². The highest BCUT2D eigenvalue weighted by Gasteiger charge is 2.68. The highest BCUT2D eigenvalue weighted by atomic mass is 19.1. The summed E-state index contributed by atoms with van der Waals surface area (Å²) in [6.07, 6.45) is 0.530. The van der Waals surface area contributed by atoms with Crippen molar-refractivity contribution in [3.8, 4) is 5.75 Å². The largest absolute Gasteiger partial charge is 0.484 e. The molecular formula is C21H21F2NO2. The Bertz CT molecular complexity index is 843. The molecule has 0 aromatic heterocycles. The van der Waals surface area contributed by atoms with Crippen molar-refractivity contribution in [3.05, 3.63) is 65.7 Å². The normalized spacial score (nSPS) is 24.1. The molecule has 1 saturated carbocycles. The molecule has 1 heterocycles. The van der Waals surface area contributed by atoms with Crippen LogP contribution in [0.4, 0.5) is 8.78 Å². The first-order chi connectivity index (χ1) is 12.3. The summed E-state index contributed by atoms with van der Waals surface area (Å²) in [7, 11) is 0. The van der Waals surface area contributed by atoms with Crippen molar-refractivity contribution in [1.29, 1.82) is 0 Å². The molecule has 2 aromatic carbocycles. The number of benzene rings is 2. The van der Waals surface area contributed by atoms with Crippen molar-refractivity contribution in [3.63, 3.8) is 0 Å². The fourth-order valence-corrected chi connectivity index (χ4v) is 4.00. The molecule has 2 aromatic rings. The highest BCUT2D eigenvalue weighted by Crippen LogP contribution is 2.65. The summed E-state index contributed by atoms with van der Waals surface area (Å²) in [5, 5.41) is 0. The molecule has 3 nitrogen and oxygen atoms in total. The second-order valence-corrected chi connectivity index (χ2v) is 7.85. The average Bonchev–Trinajstić information content (AvgIpc) is 3.16. The van der Waals surface area contributed by atoms with Crippen LogP contribution in [0.2, 0.25) is 0 Å². The summed E-state index contributed by atoms with van der Waals surface area (Å²) in [6.45, 7) is 4.99. The van der Waals surface area contributed by atoms with Crippen LogP contribution in [0.15, 0.2) is 48.5 Å². The van der Waals surface area contributed by atoms with Gasteiger partial charge in [0.2, 0.25) is 5.91 Å². The van der Waals surface area contributed by atoms with E-state index in [1.165, 1.54) is 18.2 Å². The number of hydrogen-bond acceptors (Lipinski definition) is 2. The number of ether oxygens (including phenoxy) is 1. The van der Waals surface area contributed by atoms with Crippen LogP contribution in [0, 0.1) is 17.0 Å². The first-order valence-electron chi connectivity index (χ1n) is 8.80.